The first kappa shape index (κ1) is 59.6. The summed E-state index contributed by atoms with van der Waals surface area (Å²) < 4.78 is 28.9. The Hall–Kier alpha value is -5.04. The van der Waals surface area contributed by atoms with Crippen LogP contribution in [0, 0.1) is 10.8 Å². The van der Waals surface area contributed by atoms with E-state index in [4.69, 9.17) is 29.2 Å². The van der Waals surface area contributed by atoms with Crippen LogP contribution >= 0.6 is 0 Å². The van der Waals surface area contributed by atoms with Crippen LogP contribution in [0.15, 0.2) is 0 Å². The third-order valence-corrected chi connectivity index (χ3v) is 5.70. The molecule has 0 aliphatic rings. The van der Waals surface area contributed by atoms with Crippen LogP contribution in [0.25, 0.3) is 0 Å². The second-order valence-corrected chi connectivity index (χ2v) is 17.6. The standard InChI is InChI=1S/C11H21NO4.C10H19NO4.C9H17NO4.C8H15NO4/c1-10(2,3)16-9(14)12-7-11(4,5)8(13)15-6;1-9(2,3)15-8(14)11-6-10(4,5)7(12)13;1-9(2,3)14-8(12)10-6-5-7(11)13-4;1-8(2,3)13-7(12)9-5-4-6(10)11/h7H2,1-6H3,(H,12,14);6H2,1-5H3,(H,11,14)(H,12,13);5-6H2,1-4H3,(H,10,12);4-5H2,1-3H3,(H,9,12)(H,10,11). The SMILES string of the molecule is CC(C)(C)OC(=O)NCC(C)(C)C(=O)O.CC(C)(C)OC(=O)NCCC(=O)O.COC(=O)C(C)(C)CNC(=O)OC(C)(C)C.COC(=O)CCNC(=O)OC(C)(C)C. The van der Waals surface area contributed by atoms with E-state index >= 15 is 0 Å². The fourth-order valence-electron chi connectivity index (χ4n) is 2.91. The highest BCUT2D eigenvalue weighted by molar-refractivity contribution is 5.77. The number of carboxylic acids is 2. The molecule has 20 heteroatoms. The summed E-state index contributed by atoms with van der Waals surface area (Å²) in [4.78, 5) is 87.3. The number of ether oxygens (including phenoxy) is 6. The highest BCUT2D eigenvalue weighted by atomic mass is 16.6. The van der Waals surface area contributed by atoms with Gasteiger partial charge >= 0.3 is 48.3 Å². The van der Waals surface area contributed by atoms with Gasteiger partial charge in [-0.05, 0) is 111 Å². The quantitative estimate of drug-likeness (QED) is 0.106. The number of rotatable bonds is 12. The molecule has 0 aromatic rings. The number of amides is 4. The molecule has 0 unspecified atom stereocenters. The number of alkyl carbamates (subject to hydrolysis) is 4. The normalized spacial score (nSPS) is 11.3. The summed E-state index contributed by atoms with van der Waals surface area (Å²) in [6, 6.07) is 0. The molecule has 58 heavy (non-hydrogen) atoms. The number of methoxy groups -OCH3 is 2. The molecule has 0 saturated carbocycles. The minimum Gasteiger partial charge on any atom is -0.481 e. The minimum absolute atomic E-state index is 0.0389. The van der Waals surface area contributed by atoms with Crippen LogP contribution < -0.4 is 21.3 Å². The third-order valence-electron chi connectivity index (χ3n) is 5.70. The van der Waals surface area contributed by atoms with Gasteiger partial charge < -0.3 is 59.9 Å². The van der Waals surface area contributed by atoms with E-state index in [-0.39, 0.29) is 51.0 Å². The molecule has 0 aliphatic heterocycles. The maximum atomic E-state index is 11.3. The Morgan fingerprint density at radius 1 is 0.431 bits per heavy atom. The van der Waals surface area contributed by atoms with Crippen molar-refractivity contribution in [2.45, 2.75) is 146 Å². The average Bonchev–Trinajstić information content (AvgIpc) is 2.99. The number of nitrogens with one attached hydrogen (secondary N) is 4. The maximum absolute atomic E-state index is 11.3. The number of hydrogen-bond donors (Lipinski definition) is 6. The smallest absolute Gasteiger partial charge is 0.407 e. The van der Waals surface area contributed by atoms with Gasteiger partial charge in [0.05, 0.1) is 37.9 Å². The highest BCUT2D eigenvalue weighted by Gasteiger charge is 2.30. The third kappa shape index (κ3) is 42.1. The summed E-state index contributed by atoms with van der Waals surface area (Å²) >= 11 is 0. The zero-order valence-corrected chi connectivity index (χ0v) is 37.9. The van der Waals surface area contributed by atoms with Crippen LogP contribution in [0.5, 0.6) is 0 Å². The van der Waals surface area contributed by atoms with E-state index in [1.165, 1.54) is 28.1 Å². The second-order valence-electron chi connectivity index (χ2n) is 17.6. The maximum Gasteiger partial charge on any atom is 0.407 e. The molecule has 0 atom stereocenters. The van der Waals surface area contributed by atoms with Crippen LogP contribution in [0.4, 0.5) is 19.2 Å². The van der Waals surface area contributed by atoms with Crippen LogP contribution in [0.2, 0.25) is 0 Å². The Balaban J connectivity index is -0.000000336. The van der Waals surface area contributed by atoms with Gasteiger partial charge in [0.15, 0.2) is 0 Å². The minimum atomic E-state index is -0.989. The molecule has 0 aromatic carbocycles. The largest absolute Gasteiger partial charge is 0.481 e. The van der Waals surface area contributed by atoms with E-state index in [0.717, 1.165) is 0 Å². The lowest BCUT2D eigenvalue weighted by molar-refractivity contribution is -0.150. The van der Waals surface area contributed by atoms with Gasteiger partial charge in [0, 0.05) is 26.2 Å². The summed E-state index contributed by atoms with van der Waals surface area (Å²) in [5.41, 5.74) is -3.93. The fraction of sp³-hybridized carbons (Fsp3) is 0.789. The molecule has 0 heterocycles. The Kier molecular flexibility index (Phi) is 27.6. The van der Waals surface area contributed by atoms with Gasteiger partial charge in [0.1, 0.15) is 22.4 Å². The van der Waals surface area contributed by atoms with Crippen LogP contribution in [0.3, 0.4) is 0 Å². The van der Waals surface area contributed by atoms with Crippen molar-refractivity contribution in [1.82, 2.24) is 21.3 Å². The molecule has 0 spiro atoms. The summed E-state index contributed by atoms with van der Waals surface area (Å²) in [6.07, 6.45) is -2.20. The Morgan fingerprint density at radius 3 is 0.983 bits per heavy atom. The molecule has 0 rings (SSSR count). The van der Waals surface area contributed by atoms with Gasteiger partial charge in [-0.25, -0.2) is 19.2 Å². The van der Waals surface area contributed by atoms with Crippen molar-refractivity contribution in [1.29, 1.82) is 0 Å². The van der Waals surface area contributed by atoms with E-state index in [1.54, 1.807) is 96.9 Å². The molecule has 0 fully saturated rings. The lowest BCUT2D eigenvalue weighted by atomic mass is 9.94. The molecular formula is C38H72N4O16. The van der Waals surface area contributed by atoms with Crippen molar-refractivity contribution in [2.75, 3.05) is 40.4 Å². The highest BCUT2D eigenvalue weighted by Crippen LogP contribution is 2.16. The summed E-state index contributed by atoms with van der Waals surface area (Å²) in [5.74, 6) is -2.64. The molecule has 20 nitrogen and oxygen atoms in total. The average molecular weight is 841 g/mol. The molecule has 6 N–H and O–H groups in total. The first-order valence-electron chi connectivity index (χ1n) is 18.3. The van der Waals surface area contributed by atoms with Crippen molar-refractivity contribution in [3.8, 4) is 0 Å². The summed E-state index contributed by atoms with van der Waals surface area (Å²) in [7, 11) is 2.62. The number of carbonyl (C=O) groups is 8. The lowest BCUT2D eigenvalue weighted by Crippen LogP contribution is -2.41. The topological polar surface area (TPSA) is 281 Å². The van der Waals surface area contributed by atoms with Crippen LogP contribution in [-0.2, 0) is 47.6 Å². The lowest BCUT2D eigenvalue weighted by Gasteiger charge is -2.24. The van der Waals surface area contributed by atoms with Gasteiger partial charge in [-0.1, -0.05) is 0 Å². The van der Waals surface area contributed by atoms with Gasteiger partial charge in [-0.2, -0.15) is 0 Å². The number of aliphatic carboxylic acids is 2. The number of carbonyl (C=O) groups excluding carboxylic acids is 6. The van der Waals surface area contributed by atoms with E-state index in [0.29, 0.717) is 0 Å². The van der Waals surface area contributed by atoms with Gasteiger partial charge in [-0.3, -0.25) is 19.2 Å². The molecule has 0 saturated heterocycles. The number of carboxylic acid groups (broad SMARTS) is 2. The molecule has 340 valence electrons. The predicted molar refractivity (Wildman–Crippen MR) is 213 cm³/mol. The van der Waals surface area contributed by atoms with Crippen molar-refractivity contribution < 1.29 is 77.0 Å². The van der Waals surface area contributed by atoms with Gasteiger partial charge in [-0.15, -0.1) is 0 Å². The molecule has 0 aromatic heterocycles. The van der Waals surface area contributed by atoms with E-state index in [2.05, 4.69) is 30.7 Å². The van der Waals surface area contributed by atoms with E-state index < -0.39 is 69.5 Å². The number of esters is 2. The Labute approximate surface area is 343 Å². The van der Waals surface area contributed by atoms with Gasteiger partial charge in [0.25, 0.3) is 0 Å². The Bertz CT molecular complexity index is 1320. The summed E-state index contributed by atoms with van der Waals surface area (Å²) in [5, 5.41) is 26.8. The molecule has 4 amide bonds. The van der Waals surface area contributed by atoms with Crippen molar-refractivity contribution in [3.05, 3.63) is 0 Å². The monoisotopic (exact) mass is 840 g/mol. The van der Waals surface area contributed by atoms with Crippen LogP contribution in [-0.4, -0.2) is 121 Å². The van der Waals surface area contributed by atoms with Crippen molar-refractivity contribution >= 4 is 48.3 Å². The summed E-state index contributed by atoms with van der Waals surface area (Å²) in [6.45, 7) is 28.1. The molecular weight excluding hydrogens is 768 g/mol. The van der Waals surface area contributed by atoms with Crippen LogP contribution in [0.1, 0.15) is 124 Å². The first-order chi connectivity index (χ1) is 25.8. The first-order valence-corrected chi connectivity index (χ1v) is 18.3. The van der Waals surface area contributed by atoms with E-state index in [9.17, 15) is 38.4 Å². The van der Waals surface area contributed by atoms with E-state index in [1.807, 2.05) is 0 Å². The van der Waals surface area contributed by atoms with Crippen molar-refractivity contribution in [2.24, 2.45) is 10.8 Å². The zero-order chi connectivity index (χ0) is 46.9. The second kappa shape index (κ2) is 26.8. The van der Waals surface area contributed by atoms with Crippen molar-refractivity contribution in [3.63, 3.8) is 0 Å². The Morgan fingerprint density at radius 2 is 0.724 bits per heavy atom. The predicted octanol–water partition coefficient (Wildman–Crippen LogP) is 5.39. The fourth-order valence-corrected chi connectivity index (χ4v) is 2.91. The number of hydrogen-bond acceptors (Lipinski definition) is 14. The molecule has 0 aliphatic carbocycles. The molecule has 0 bridgehead atoms. The zero-order valence-electron chi connectivity index (χ0n) is 37.9. The van der Waals surface area contributed by atoms with Gasteiger partial charge in [0.2, 0.25) is 0 Å². The molecule has 0 radical (unpaired) electrons.